The van der Waals surface area contributed by atoms with Gasteiger partial charge in [0.05, 0.1) is 0 Å². The van der Waals surface area contributed by atoms with E-state index in [0.717, 1.165) is 13.0 Å². The third kappa shape index (κ3) is 7.88. The molecule has 2 atom stereocenters. The van der Waals surface area contributed by atoms with Crippen LogP contribution < -0.4 is 16.8 Å². The van der Waals surface area contributed by atoms with Crippen molar-refractivity contribution < 1.29 is 2.74 Å². The first kappa shape index (κ1) is 6.58. The van der Waals surface area contributed by atoms with E-state index in [1.165, 1.54) is 0 Å². The average Bonchev–Trinajstić information content (AvgIpc) is 2.10. The third-order valence-electron chi connectivity index (χ3n) is 1.12. The second-order valence-electron chi connectivity index (χ2n) is 2.05. The molecule has 0 aliphatic heterocycles. The number of hydrogen-bond donors (Lipinski definition) is 3. The zero-order valence-electron chi connectivity index (χ0n) is 8.34. The molecule has 0 spiro atoms. The molecule has 10 heavy (non-hydrogen) atoms. The van der Waals surface area contributed by atoms with Crippen LogP contribution in [0.1, 0.15) is 22.0 Å². The normalized spacial score (nSPS) is 19.4. The van der Waals surface area contributed by atoms with Gasteiger partial charge in [0.25, 0.3) is 0 Å². The average molecular weight is 148 g/mol. The van der Waals surface area contributed by atoms with Gasteiger partial charge in [-0.1, -0.05) is 0 Å². The lowest BCUT2D eigenvalue weighted by Crippen LogP contribution is -2.19. The topological polar surface area (TPSA) is 64.1 Å². The van der Waals surface area contributed by atoms with Gasteiger partial charge in [0.15, 0.2) is 0 Å². The summed E-state index contributed by atoms with van der Waals surface area (Å²) in [6, 6.07) is 0. The lowest BCUT2D eigenvalue weighted by molar-refractivity contribution is 0.611. The molecule has 0 aromatic rings. The molecule has 3 heteroatoms. The quantitative estimate of drug-likeness (QED) is 0.342. The fourth-order valence-corrected chi connectivity index (χ4v) is 0.592. The SMILES string of the molecule is [2H]C(CN)[13CH]([2H])CNCCCN. The van der Waals surface area contributed by atoms with Crippen LogP contribution in [0.5, 0.6) is 0 Å². The van der Waals surface area contributed by atoms with Gasteiger partial charge in [0, 0.05) is 2.74 Å². The fourth-order valence-electron chi connectivity index (χ4n) is 0.592. The van der Waals surface area contributed by atoms with E-state index >= 15 is 0 Å². The molecule has 0 bridgehead atoms. The molecule has 0 aliphatic carbocycles. The van der Waals surface area contributed by atoms with Crippen LogP contribution in [0.4, 0.5) is 0 Å². The van der Waals surface area contributed by atoms with E-state index in [9.17, 15) is 0 Å². The maximum atomic E-state index is 7.45. The Morgan fingerprint density at radius 2 is 1.90 bits per heavy atom. The van der Waals surface area contributed by atoms with E-state index in [2.05, 4.69) is 5.32 Å². The van der Waals surface area contributed by atoms with Gasteiger partial charge >= 0.3 is 0 Å². The number of rotatable bonds is 7. The van der Waals surface area contributed by atoms with Gasteiger partial charge in [-0.25, -0.2) is 0 Å². The van der Waals surface area contributed by atoms with Crippen molar-refractivity contribution in [3.05, 3.63) is 0 Å². The van der Waals surface area contributed by atoms with Crippen molar-refractivity contribution in [3.63, 3.8) is 0 Å². The summed E-state index contributed by atoms with van der Waals surface area (Å²) in [5.74, 6) is 0. The zero-order chi connectivity index (χ0) is 9.40. The molecule has 0 fully saturated rings. The number of hydrogen-bond acceptors (Lipinski definition) is 3. The summed E-state index contributed by atoms with van der Waals surface area (Å²) < 4.78 is 14.8. The molecule has 3 nitrogen and oxygen atoms in total. The van der Waals surface area contributed by atoms with Crippen LogP contribution in [0.15, 0.2) is 0 Å². The summed E-state index contributed by atoms with van der Waals surface area (Å²) in [6.07, 6.45) is 0.0148. The molecule has 0 heterocycles. The molecular formula is C7H19N3. The molecule has 2 unspecified atom stereocenters. The molecule has 5 N–H and O–H groups in total. The highest BCUT2D eigenvalue weighted by Crippen LogP contribution is 1.81. The summed E-state index contributed by atoms with van der Waals surface area (Å²) in [4.78, 5) is 0. The molecule has 62 valence electrons. The third-order valence-corrected chi connectivity index (χ3v) is 1.12. The maximum Gasteiger partial charge on any atom is 0.0280 e. The molecular weight excluding hydrogens is 127 g/mol. The molecule has 0 saturated carbocycles. The van der Waals surface area contributed by atoms with Gasteiger partial charge in [-0.05, 0) is 45.4 Å². The van der Waals surface area contributed by atoms with Crippen molar-refractivity contribution in [2.75, 3.05) is 26.2 Å². The molecule has 0 rings (SSSR count). The van der Waals surface area contributed by atoms with Crippen molar-refractivity contribution in [2.45, 2.75) is 19.2 Å². The summed E-state index contributed by atoms with van der Waals surface area (Å²) in [6.45, 7) is 2.28. The lowest BCUT2D eigenvalue weighted by atomic mass is 10.4. The van der Waals surface area contributed by atoms with E-state index < -0.39 is 12.8 Å². The predicted molar refractivity (Wildman–Crippen MR) is 44.8 cm³/mol. The summed E-state index contributed by atoms with van der Waals surface area (Å²) in [5, 5.41) is 3.06. The molecule has 0 radical (unpaired) electrons. The zero-order valence-corrected chi connectivity index (χ0v) is 6.34. The summed E-state index contributed by atoms with van der Waals surface area (Å²) >= 11 is 0. The maximum absolute atomic E-state index is 7.45. The summed E-state index contributed by atoms with van der Waals surface area (Å²) in [5.41, 5.74) is 10.5. The predicted octanol–water partition coefficient (Wildman–Crippen LogP) is -0.336. The minimum atomic E-state index is -0.477. The van der Waals surface area contributed by atoms with Gasteiger partial charge in [-0.3, -0.25) is 0 Å². The van der Waals surface area contributed by atoms with E-state index in [4.69, 9.17) is 14.2 Å². The minimum absolute atomic E-state index is 0.257. The van der Waals surface area contributed by atoms with E-state index in [1.807, 2.05) is 0 Å². The molecule has 0 aromatic carbocycles. The van der Waals surface area contributed by atoms with E-state index in [-0.39, 0.29) is 6.54 Å². The Hall–Kier alpha value is -0.120. The Bertz CT molecular complexity index is 103. The number of nitrogens with one attached hydrogen (secondary N) is 1. The van der Waals surface area contributed by atoms with Crippen LogP contribution in [-0.2, 0) is 0 Å². The minimum Gasteiger partial charge on any atom is -0.330 e. The highest BCUT2D eigenvalue weighted by Gasteiger charge is 1.85. The van der Waals surface area contributed by atoms with Crippen molar-refractivity contribution in [3.8, 4) is 0 Å². The van der Waals surface area contributed by atoms with Crippen molar-refractivity contribution in [2.24, 2.45) is 11.5 Å². The molecule has 0 aromatic heterocycles. The van der Waals surface area contributed by atoms with Gasteiger partial charge in [-0.2, -0.15) is 0 Å². The van der Waals surface area contributed by atoms with Gasteiger partial charge in [0.2, 0.25) is 0 Å². The van der Waals surface area contributed by atoms with Gasteiger partial charge in [-0.15, -0.1) is 0 Å². The monoisotopic (exact) mass is 148 g/mol. The fraction of sp³-hybridized carbons (Fsp3) is 1.00. The Morgan fingerprint density at radius 1 is 1.10 bits per heavy atom. The second kappa shape index (κ2) is 8.88. The van der Waals surface area contributed by atoms with Crippen LogP contribution >= 0.6 is 0 Å². The summed E-state index contributed by atoms with van der Waals surface area (Å²) in [7, 11) is 0. The number of nitrogens with two attached hydrogens (primary N) is 2. The van der Waals surface area contributed by atoms with Gasteiger partial charge < -0.3 is 16.8 Å². The van der Waals surface area contributed by atoms with Crippen LogP contribution in [0.2, 0.25) is 0 Å². The highest BCUT2D eigenvalue weighted by atomic mass is 14.9. The molecule has 0 aliphatic rings. The van der Waals surface area contributed by atoms with Crippen molar-refractivity contribution in [1.29, 1.82) is 0 Å². The van der Waals surface area contributed by atoms with Crippen LogP contribution in [-0.4, -0.2) is 26.2 Å². The van der Waals surface area contributed by atoms with Crippen LogP contribution in [0.3, 0.4) is 0 Å². The Kier molecular flexibility index (Phi) is 5.84. The standard InChI is InChI=1S/C7H19N3/c8-4-1-2-6-10-7-3-5-9/h10H,1-9H2/i1D,2+1D. The van der Waals surface area contributed by atoms with Crippen LogP contribution in [0.25, 0.3) is 0 Å². The first-order valence-electron chi connectivity index (χ1n) is 4.83. The van der Waals surface area contributed by atoms with E-state index in [0.29, 0.717) is 13.1 Å². The largest absolute Gasteiger partial charge is 0.330 e. The van der Waals surface area contributed by atoms with Crippen LogP contribution in [0, 0.1) is 0 Å². The van der Waals surface area contributed by atoms with Gasteiger partial charge in [0.1, 0.15) is 0 Å². The first-order valence-corrected chi connectivity index (χ1v) is 3.67. The highest BCUT2D eigenvalue weighted by molar-refractivity contribution is 4.49. The Morgan fingerprint density at radius 3 is 2.50 bits per heavy atom. The Balaban J connectivity index is 3.24. The smallest absolute Gasteiger partial charge is 0.0280 e. The Labute approximate surface area is 66.0 Å². The van der Waals surface area contributed by atoms with Crippen molar-refractivity contribution in [1.82, 2.24) is 5.32 Å². The first-order chi connectivity index (χ1) is 5.72. The molecule has 0 saturated heterocycles. The van der Waals surface area contributed by atoms with Crippen molar-refractivity contribution >= 4 is 0 Å². The van der Waals surface area contributed by atoms with E-state index in [1.54, 1.807) is 0 Å². The second-order valence-corrected chi connectivity index (χ2v) is 2.05. The molecule has 0 amide bonds. The lowest BCUT2D eigenvalue weighted by Gasteiger charge is -2.01.